The fourth-order valence-corrected chi connectivity index (χ4v) is 12.6. The zero-order valence-electron chi connectivity index (χ0n) is 39.0. The van der Waals surface area contributed by atoms with Gasteiger partial charge < -0.3 is 18.4 Å². The van der Waals surface area contributed by atoms with Crippen LogP contribution in [0.1, 0.15) is 27.8 Å². The van der Waals surface area contributed by atoms with Crippen LogP contribution >= 0.6 is 0 Å². The average molecular weight is 931 g/mol. The minimum Gasteiger partial charge on any atom is -0.457 e. The van der Waals surface area contributed by atoms with Gasteiger partial charge in [-0.05, 0) is 131 Å². The van der Waals surface area contributed by atoms with Gasteiger partial charge in [-0.25, -0.2) is 0 Å². The van der Waals surface area contributed by atoms with Crippen molar-refractivity contribution in [3.8, 4) is 57.1 Å². The SMILES string of the molecule is N#Cc1ccc2c(c1)c1ccccc1n2-c1ccc2c(c1)Oc1ccc(-c3ccc4c(c3)c3ccccc3n4-c3ccc(-n4c5ccccc5c5ccccc54)cc3)cc1C21c2cccnc2-c2ncccc21. The third-order valence-corrected chi connectivity index (χ3v) is 15.6. The lowest BCUT2D eigenvalue weighted by Crippen LogP contribution is -2.32. The molecule has 1 aliphatic heterocycles. The quantitative estimate of drug-likeness (QED) is 0.176. The number of nitriles is 1. The maximum atomic E-state index is 9.84. The highest BCUT2D eigenvalue weighted by Crippen LogP contribution is 2.62. The Hall–Kier alpha value is -10.0. The Kier molecular flexibility index (Phi) is 8.04. The lowest BCUT2D eigenvalue weighted by atomic mass is 9.66. The smallest absolute Gasteiger partial charge is 0.134 e. The van der Waals surface area contributed by atoms with Gasteiger partial charge in [-0.2, -0.15) is 5.26 Å². The first kappa shape index (κ1) is 39.8. The van der Waals surface area contributed by atoms with Crippen LogP contribution in [0.4, 0.5) is 0 Å². The third-order valence-electron chi connectivity index (χ3n) is 15.6. The Balaban J connectivity index is 0.853. The minimum atomic E-state index is -0.779. The number of rotatable bonds is 4. The van der Waals surface area contributed by atoms with Crippen molar-refractivity contribution >= 4 is 65.4 Å². The highest BCUT2D eigenvalue weighted by atomic mass is 16.5. The van der Waals surface area contributed by atoms with E-state index >= 15 is 0 Å². The van der Waals surface area contributed by atoms with Gasteiger partial charge in [-0.15, -0.1) is 0 Å². The molecule has 1 aliphatic carbocycles. The van der Waals surface area contributed by atoms with Crippen LogP contribution in [0.25, 0.3) is 105 Å². The van der Waals surface area contributed by atoms with Crippen LogP contribution in [0.15, 0.2) is 231 Å². The Labute approximate surface area is 418 Å². The standard InChI is InChI=1S/C66H38N6O/c67-39-40-21-30-60-50(35-40)48-13-3-8-20-59(48)72(60)45-28-29-52-63(38-45)73-62-32-23-42(37-55(62)66(52)53-15-9-33-68-64(53)65-54(66)16-10-34-69-65)41-22-31-61-51(36-41)49-14-4-7-19-58(49)71(61)44-26-24-43(25-27-44)70-56-17-5-1-11-46(56)47-12-2-6-18-57(47)70/h1-38H. The number of ether oxygens (including phenoxy) is 1. The second-order valence-electron chi connectivity index (χ2n) is 19.2. The van der Waals surface area contributed by atoms with E-state index in [1.54, 1.807) is 0 Å². The van der Waals surface area contributed by atoms with Crippen molar-refractivity contribution in [2.75, 3.05) is 0 Å². The van der Waals surface area contributed by atoms with Crippen molar-refractivity contribution in [2.45, 2.75) is 5.41 Å². The van der Waals surface area contributed by atoms with Gasteiger partial charge in [0.25, 0.3) is 0 Å². The van der Waals surface area contributed by atoms with Gasteiger partial charge in [0.15, 0.2) is 0 Å². The molecule has 2 aliphatic rings. The van der Waals surface area contributed by atoms with Gasteiger partial charge in [0.2, 0.25) is 0 Å². The molecule has 0 fully saturated rings. The molecule has 1 spiro atoms. The molecular weight excluding hydrogens is 893 g/mol. The molecule has 6 heterocycles. The topological polar surface area (TPSA) is 73.6 Å². The predicted octanol–water partition coefficient (Wildman–Crippen LogP) is 15.8. The molecule has 338 valence electrons. The molecule has 0 N–H and O–H groups in total. The number of fused-ring (bicyclic) bond motifs is 18. The van der Waals surface area contributed by atoms with Crippen LogP contribution < -0.4 is 4.74 Å². The summed E-state index contributed by atoms with van der Waals surface area (Å²) in [4.78, 5) is 10.0. The predicted molar refractivity (Wildman–Crippen MR) is 293 cm³/mol. The van der Waals surface area contributed by atoms with Crippen molar-refractivity contribution in [1.29, 1.82) is 5.26 Å². The number of hydrogen-bond donors (Lipinski definition) is 0. The molecule has 7 nitrogen and oxygen atoms in total. The van der Waals surface area contributed by atoms with Crippen molar-refractivity contribution < 1.29 is 4.74 Å². The molecule has 73 heavy (non-hydrogen) atoms. The first-order chi connectivity index (χ1) is 36.2. The van der Waals surface area contributed by atoms with E-state index in [2.05, 4.69) is 208 Å². The fraction of sp³-hybridized carbons (Fsp3) is 0.0152. The van der Waals surface area contributed by atoms with Gasteiger partial charge in [0, 0.05) is 79.0 Å². The van der Waals surface area contributed by atoms with Crippen molar-refractivity contribution in [2.24, 2.45) is 0 Å². The molecule has 0 atom stereocenters. The summed E-state index contributed by atoms with van der Waals surface area (Å²) in [6, 6.07) is 80.3. The molecule has 16 rings (SSSR count). The number of benzene rings is 9. The van der Waals surface area contributed by atoms with Gasteiger partial charge in [-0.1, -0.05) is 103 Å². The second-order valence-corrected chi connectivity index (χ2v) is 19.2. The van der Waals surface area contributed by atoms with E-state index in [4.69, 9.17) is 14.7 Å². The monoisotopic (exact) mass is 930 g/mol. The van der Waals surface area contributed by atoms with Gasteiger partial charge in [-0.3, -0.25) is 9.97 Å². The third kappa shape index (κ3) is 5.36. The molecule has 9 aromatic carbocycles. The van der Waals surface area contributed by atoms with E-state index in [9.17, 15) is 5.26 Å². The normalized spacial score (nSPS) is 13.1. The number of aromatic nitrogens is 5. The Morgan fingerprint density at radius 3 is 1.40 bits per heavy atom. The molecule has 0 saturated heterocycles. The number of pyridine rings is 2. The van der Waals surface area contributed by atoms with E-state index in [-0.39, 0.29) is 0 Å². The van der Waals surface area contributed by atoms with E-state index in [0.717, 1.165) is 106 Å². The van der Waals surface area contributed by atoms with Crippen LogP contribution in [-0.4, -0.2) is 23.7 Å². The van der Waals surface area contributed by atoms with Crippen LogP contribution in [0.3, 0.4) is 0 Å². The molecule has 14 aromatic rings. The molecule has 0 radical (unpaired) electrons. The lowest BCUT2D eigenvalue weighted by molar-refractivity contribution is 0.436. The van der Waals surface area contributed by atoms with Crippen LogP contribution in [0, 0.1) is 11.3 Å². The molecule has 0 amide bonds. The van der Waals surface area contributed by atoms with E-state index in [1.165, 1.54) is 32.6 Å². The summed E-state index contributed by atoms with van der Waals surface area (Å²) >= 11 is 0. The zero-order valence-corrected chi connectivity index (χ0v) is 39.0. The van der Waals surface area contributed by atoms with Gasteiger partial charge in [0.1, 0.15) is 11.5 Å². The summed E-state index contributed by atoms with van der Waals surface area (Å²) in [6.45, 7) is 0. The summed E-state index contributed by atoms with van der Waals surface area (Å²) in [5.41, 5.74) is 18.0. The zero-order chi connectivity index (χ0) is 47.9. The van der Waals surface area contributed by atoms with Crippen molar-refractivity contribution in [3.05, 3.63) is 259 Å². The Morgan fingerprint density at radius 2 is 0.822 bits per heavy atom. The summed E-state index contributed by atoms with van der Waals surface area (Å²) < 4.78 is 14.2. The molecule has 7 heteroatoms. The van der Waals surface area contributed by atoms with Crippen molar-refractivity contribution in [1.82, 2.24) is 23.7 Å². The highest BCUT2D eigenvalue weighted by Gasteiger charge is 2.52. The van der Waals surface area contributed by atoms with Crippen LogP contribution in [0.5, 0.6) is 11.5 Å². The van der Waals surface area contributed by atoms with Gasteiger partial charge in [0.05, 0.1) is 61.5 Å². The van der Waals surface area contributed by atoms with E-state index in [1.807, 2.05) is 42.7 Å². The molecule has 0 bridgehead atoms. The first-order valence-corrected chi connectivity index (χ1v) is 24.6. The first-order valence-electron chi connectivity index (χ1n) is 24.6. The Bertz CT molecular complexity index is 4640. The van der Waals surface area contributed by atoms with Gasteiger partial charge >= 0.3 is 0 Å². The minimum absolute atomic E-state index is 0.632. The molecular formula is C66H38N6O. The lowest BCUT2D eigenvalue weighted by Gasteiger charge is -2.39. The fourth-order valence-electron chi connectivity index (χ4n) is 12.6. The van der Waals surface area contributed by atoms with Crippen LogP contribution in [0.2, 0.25) is 0 Å². The summed E-state index contributed by atoms with van der Waals surface area (Å²) in [5.74, 6) is 1.55. The molecule has 5 aromatic heterocycles. The van der Waals surface area contributed by atoms with E-state index in [0.29, 0.717) is 5.56 Å². The van der Waals surface area contributed by atoms with Crippen molar-refractivity contribution in [3.63, 3.8) is 0 Å². The number of nitrogens with zero attached hydrogens (tertiary/aromatic N) is 6. The molecule has 0 saturated carbocycles. The number of para-hydroxylation sites is 4. The summed E-state index contributed by atoms with van der Waals surface area (Å²) in [7, 11) is 0. The second kappa shape index (κ2) is 14.8. The molecule has 0 unspecified atom stereocenters. The Morgan fingerprint density at radius 1 is 0.356 bits per heavy atom. The largest absolute Gasteiger partial charge is 0.457 e. The van der Waals surface area contributed by atoms with E-state index < -0.39 is 5.41 Å². The average Bonchev–Trinajstić information content (AvgIpc) is 4.17. The number of hydrogen-bond acceptors (Lipinski definition) is 4. The summed E-state index contributed by atoms with van der Waals surface area (Å²) in [6.07, 6.45) is 3.73. The maximum absolute atomic E-state index is 9.84. The maximum Gasteiger partial charge on any atom is 0.134 e. The summed E-state index contributed by atoms with van der Waals surface area (Å²) in [5, 5.41) is 16.8. The van der Waals surface area contributed by atoms with Crippen LogP contribution in [-0.2, 0) is 5.41 Å². The highest BCUT2D eigenvalue weighted by molar-refractivity contribution is 6.12.